The Morgan fingerprint density at radius 3 is 2.32 bits per heavy atom. The molecule has 0 N–H and O–H groups in total. The molecule has 1 atom stereocenters. The molecule has 1 aliphatic carbocycles. The van der Waals surface area contributed by atoms with Crippen LogP contribution < -0.4 is 4.74 Å². The first-order valence-electron chi connectivity index (χ1n) is 14.7. The Morgan fingerprint density at radius 1 is 1.05 bits per heavy atom. The van der Waals surface area contributed by atoms with Crippen molar-refractivity contribution in [3.8, 4) is 5.75 Å². The van der Waals surface area contributed by atoms with E-state index in [9.17, 15) is 22.8 Å². The summed E-state index contributed by atoms with van der Waals surface area (Å²) in [5.74, 6) is 0.267. The largest absolute Gasteiger partial charge is 0.496 e. The lowest BCUT2D eigenvalue weighted by Crippen LogP contribution is -2.49. The average molecular weight is 633 g/mol. The van der Waals surface area contributed by atoms with E-state index >= 15 is 0 Å². The molecule has 1 aliphatic heterocycles. The van der Waals surface area contributed by atoms with E-state index in [-0.39, 0.29) is 23.2 Å². The Hall–Kier alpha value is -3.18. The van der Waals surface area contributed by atoms with Crippen molar-refractivity contribution in [2.24, 2.45) is 5.41 Å². The van der Waals surface area contributed by atoms with Crippen molar-refractivity contribution in [2.45, 2.75) is 82.3 Å². The summed E-state index contributed by atoms with van der Waals surface area (Å²) in [6.07, 6.45) is 3.80. The number of nitrogens with zero attached hydrogens (tertiary/aromatic N) is 2. The number of aryl methyl sites for hydroxylation is 1. The number of carbonyl (C=O) groups is 2. The maximum Gasteiger partial charge on any atom is 0.442 e. The lowest BCUT2D eigenvalue weighted by atomic mass is 9.60. The summed E-state index contributed by atoms with van der Waals surface area (Å²) in [5.41, 5.74) is -1.11. The van der Waals surface area contributed by atoms with E-state index in [1.807, 2.05) is 52.0 Å². The van der Waals surface area contributed by atoms with Crippen LogP contribution in [0.1, 0.15) is 79.5 Å². The van der Waals surface area contributed by atoms with Crippen molar-refractivity contribution in [1.82, 2.24) is 9.47 Å². The van der Waals surface area contributed by atoms with Gasteiger partial charge >= 0.3 is 17.6 Å². The normalized spacial score (nSPS) is 22.6. The van der Waals surface area contributed by atoms with Crippen molar-refractivity contribution < 1.29 is 37.0 Å². The number of benzene rings is 2. The summed E-state index contributed by atoms with van der Waals surface area (Å²) in [6.45, 7) is 8.58. The van der Waals surface area contributed by atoms with Gasteiger partial charge in [-0.2, -0.15) is 13.2 Å². The van der Waals surface area contributed by atoms with Gasteiger partial charge in [-0.25, -0.2) is 9.59 Å². The molecular formula is C33H39F3N2O5S. The number of hydrogen-bond donors (Lipinski definition) is 0. The Morgan fingerprint density at radius 2 is 1.73 bits per heavy atom. The van der Waals surface area contributed by atoms with Crippen LogP contribution in [-0.2, 0) is 16.0 Å². The Labute approximate surface area is 260 Å². The molecule has 0 amide bonds. The number of piperidine rings is 1. The van der Waals surface area contributed by atoms with Gasteiger partial charge in [-0.1, -0.05) is 12.1 Å². The van der Waals surface area contributed by atoms with E-state index in [1.54, 1.807) is 25.4 Å². The van der Waals surface area contributed by atoms with Crippen LogP contribution in [-0.4, -0.2) is 58.7 Å². The molecule has 1 spiro atoms. The van der Waals surface area contributed by atoms with Gasteiger partial charge in [0.05, 0.1) is 25.3 Å². The molecule has 44 heavy (non-hydrogen) atoms. The van der Waals surface area contributed by atoms with E-state index in [0.29, 0.717) is 43.7 Å². The van der Waals surface area contributed by atoms with Gasteiger partial charge in [-0.15, -0.1) is 0 Å². The lowest BCUT2D eigenvalue weighted by molar-refractivity contribution is -0.0395. The average Bonchev–Trinajstić information content (AvgIpc) is 3.38. The third-order valence-corrected chi connectivity index (χ3v) is 9.67. The quantitative estimate of drug-likeness (QED) is 0.254. The van der Waals surface area contributed by atoms with Gasteiger partial charge < -0.3 is 14.2 Å². The number of alkyl halides is 3. The van der Waals surface area contributed by atoms with Gasteiger partial charge in [0.2, 0.25) is 0 Å². The van der Waals surface area contributed by atoms with Crippen LogP contribution in [0.4, 0.5) is 18.0 Å². The third-order valence-electron chi connectivity index (χ3n) is 8.74. The minimum absolute atomic E-state index is 0.0960. The topological polar surface area (TPSA) is 70.0 Å². The van der Waals surface area contributed by atoms with Crippen molar-refractivity contribution in [2.75, 3.05) is 20.8 Å². The molecular weight excluding hydrogens is 593 g/mol. The standard InChI is InChI=1S/C33H39F3N2O5S/c1-20-15-27(41-5)25(24-11-13-38(28(20)24)30(40)43-31(2,3)4)19-37-14-12-32(16-23(17-32)44-33(34,35)36)18-26(37)21-7-9-22(10-8-21)29(39)42-6/h7-11,13,15,23,26H,12,14,16-19H2,1-6H3/t23?,26-,32?/m0/s1. The molecule has 11 heteroatoms. The number of thioether (sulfide) groups is 1. The second kappa shape index (κ2) is 12.0. The Balaban J connectivity index is 1.49. The van der Waals surface area contributed by atoms with E-state index in [4.69, 9.17) is 14.2 Å². The highest BCUT2D eigenvalue weighted by atomic mass is 32.2. The van der Waals surface area contributed by atoms with Gasteiger partial charge in [-0.3, -0.25) is 9.47 Å². The monoisotopic (exact) mass is 632 g/mol. The number of aromatic nitrogens is 1. The van der Waals surface area contributed by atoms with Gasteiger partial charge in [0.1, 0.15) is 11.4 Å². The highest BCUT2D eigenvalue weighted by Gasteiger charge is 2.52. The molecule has 2 aromatic carbocycles. The fourth-order valence-corrected chi connectivity index (χ4v) is 8.03. The second-order valence-corrected chi connectivity index (χ2v) is 14.3. The molecule has 2 aliphatic rings. The van der Waals surface area contributed by atoms with Crippen LogP contribution in [0, 0.1) is 12.3 Å². The SMILES string of the molecule is COC(=O)c1ccc([C@@H]2CC3(CCN2Cc2c(OC)cc(C)c4c2ccn4C(=O)OC(C)(C)C)CC(SC(F)(F)F)C3)cc1. The molecule has 238 valence electrons. The number of ether oxygens (including phenoxy) is 3. The predicted molar refractivity (Wildman–Crippen MR) is 164 cm³/mol. The molecule has 1 saturated carbocycles. The summed E-state index contributed by atoms with van der Waals surface area (Å²) in [5, 5.41) is 0.450. The summed E-state index contributed by atoms with van der Waals surface area (Å²) in [4.78, 5) is 27.5. The summed E-state index contributed by atoms with van der Waals surface area (Å²) >= 11 is 0.113. The van der Waals surface area contributed by atoms with Crippen LogP contribution in [0.2, 0.25) is 0 Å². The van der Waals surface area contributed by atoms with Crippen molar-refractivity contribution >= 4 is 34.7 Å². The lowest BCUT2D eigenvalue weighted by Gasteiger charge is -2.55. The molecule has 2 heterocycles. The smallest absolute Gasteiger partial charge is 0.442 e. The first-order chi connectivity index (χ1) is 20.6. The molecule has 7 nitrogen and oxygen atoms in total. The minimum atomic E-state index is -4.24. The molecule has 1 aromatic heterocycles. The zero-order valence-corrected chi connectivity index (χ0v) is 26.7. The first kappa shape index (κ1) is 32.2. The van der Waals surface area contributed by atoms with Crippen molar-refractivity contribution in [3.63, 3.8) is 0 Å². The maximum absolute atomic E-state index is 13.1. The number of rotatable bonds is 6. The Kier molecular flexibility index (Phi) is 8.76. The second-order valence-electron chi connectivity index (χ2n) is 13.0. The number of carbonyl (C=O) groups excluding carboxylic acids is 2. The van der Waals surface area contributed by atoms with E-state index in [1.165, 1.54) is 11.7 Å². The van der Waals surface area contributed by atoms with Crippen LogP contribution in [0.15, 0.2) is 42.6 Å². The van der Waals surface area contributed by atoms with Crippen LogP contribution in [0.3, 0.4) is 0 Å². The number of methoxy groups -OCH3 is 2. The van der Waals surface area contributed by atoms with Crippen molar-refractivity contribution in [3.05, 3.63) is 64.8 Å². The highest BCUT2D eigenvalue weighted by molar-refractivity contribution is 8.00. The fourth-order valence-electron chi connectivity index (χ4n) is 6.78. The number of esters is 1. The number of halogens is 3. The first-order valence-corrected chi connectivity index (χ1v) is 15.6. The minimum Gasteiger partial charge on any atom is -0.496 e. The summed E-state index contributed by atoms with van der Waals surface area (Å²) < 4.78 is 57.2. The predicted octanol–water partition coefficient (Wildman–Crippen LogP) is 8.27. The van der Waals surface area contributed by atoms with E-state index < -0.39 is 28.4 Å². The van der Waals surface area contributed by atoms with Crippen LogP contribution in [0.25, 0.3) is 10.9 Å². The fraction of sp³-hybridized carbons (Fsp3) is 0.515. The van der Waals surface area contributed by atoms with Gasteiger partial charge in [0.15, 0.2) is 0 Å². The van der Waals surface area contributed by atoms with E-state index in [2.05, 4.69) is 4.90 Å². The number of hydrogen-bond acceptors (Lipinski definition) is 7. The zero-order chi connectivity index (χ0) is 32.0. The highest BCUT2D eigenvalue weighted by Crippen LogP contribution is 2.59. The van der Waals surface area contributed by atoms with Crippen LogP contribution >= 0.6 is 11.8 Å². The van der Waals surface area contributed by atoms with Gasteiger partial charge in [0, 0.05) is 35.0 Å². The summed E-state index contributed by atoms with van der Waals surface area (Å²) in [7, 11) is 2.96. The van der Waals surface area contributed by atoms with Crippen molar-refractivity contribution in [1.29, 1.82) is 0 Å². The summed E-state index contributed by atoms with van der Waals surface area (Å²) in [6, 6.07) is 11.0. The number of likely N-dealkylation sites (tertiary alicyclic amines) is 1. The molecule has 2 fully saturated rings. The molecule has 0 radical (unpaired) electrons. The molecule has 1 saturated heterocycles. The molecule has 5 rings (SSSR count). The zero-order valence-electron chi connectivity index (χ0n) is 25.9. The van der Waals surface area contributed by atoms with E-state index in [0.717, 1.165) is 34.0 Å². The van der Waals surface area contributed by atoms with Gasteiger partial charge in [-0.05, 0) is 112 Å². The maximum atomic E-state index is 13.1. The molecule has 0 unspecified atom stereocenters. The third kappa shape index (κ3) is 6.73. The molecule has 0 bridgehead atoms. The number of fused-ring (bicyclic) bond motifs is 1. The van der Waals surface area contributed by atoms with Gasteiger partial charge in [0.25, 0.3) is 0 Å². The van der Waals surface area contributed by atoms with Crippen LogP contribution in [0.5, 0.6) is 5.75 Å². The Bertz CT molecular complexity index is 1540. The molecule has 3 aromatic rings.